The number of benzene rings is 3. The molecular formula is C23H17Cl2N3O3S. The van der Waals surface area contributed by atoms with Gasteiger partial charge in [0.25, 0.3) is 5.91 Å². The molecule has 0 bridgehead atoms. The lowest BCUT2D eigenvalue weighted by molar-refractivity contribution is 0.0974. The topological polar surface area (TPSA) is 76.4 Å². The van der Waals surface area contributed by atoms with Gasteiger partial charge in [-0.15, -0.1) is 0 Å². The Morgan fingerprint density at radius 3 is 2.69 bits per heavy atom. The second-order valence-corrected chi connectivity index (χ2v) is 8.15. The molecule has 0 aliphatic carbocycles. The molecule has 9 heteroatoms. The van der Waals surface area contributed by atoms with Crippen LogP contribution < -0.4 is 15.4 Å². The average Bonchev–Trinajstić information content (AvgIpc) is 3.18. The molecule has 0 atom stereocenters. The van der Waals surface area contributed by atoms with Crippen molar-refractivity contribution >= 4 is 63.2 Å². The van der Waals surface area contributed by atoms with E-state index in [9.17, 15) is 4.79 Å². The van der Waals surface area contributed by atoms with E-state index in [-0.39, 0.29) is 11.0 Å². The lowest BCUT2D eigenvalue weighted by Crippen LogP contribution is -2.34. The minimum atomic E-state index is -0.371. The number of hydrogen-bond donors (Lipinski definition) is 2. The van der Waals surface area contributed by atoms with Gasteiger partial charge in [-0.2, -0.15) is 0 Å². The fraction of sp³-hybridized carbons (Fsp3) is 0.0870. The molecule has 1 amide bonds. The van der Waals surface area contributed by atoms with Crippen molar-refractivity contribution in [2.45, 2.75) is 6.92 Å². The number of carbonyl (C=O) groups is 1. The van der Waals surface area contributed by atoms with Gasteiger partial charge in [0.1, 0.15) is 11.3 Å². The Labute approximate surface area is 199 Å². The largest absolute Gasteiger partial charge is 0.496 e. The van der Waals surface area contributed by atoms with Crippen molar-refractivity contribution in [3.8, 4) is 17.2 Å². The number of oxazole rings is 1. The number of hydrogen-bond acceptors (Lipinski definition) is 5. The van der Waals surface area contributed by atoms with E-state index in [0.717, 1.165) is 5.56 Å². The van der Waals surface area contributed by atoms with Crippen LogP contribution in [0.4, 0.5) is 5.69 Å². The summed E-state index contributed by atoms with van der Waals surface area (Å²) in [7, 11) is 1.52. The van der Waals surface area contributed by atoms with Gasteiger partial charge in [-0.25, -0.2) is 4.98 Å². The molecule has 0 fully saturated rings. The second-order valence-electron chi connectivity index (χ2n) is 6.90. The lowest BCUT2D eigenvalue weighted by atomic mass is 10.1. The van der Waals surface area contributed by atoms with Crippen LogP contribution in [0.25, 0.3) is 22.6 Å². The number of nitrogens with zero attached hydrogens (tertiary/aromatic N) is 1. The molecule has 1 heterocycles. The number of rotatable bonds is 4. The SMILES string of the molecule is COc1c(C)cccc1C(=O)NC(=S)Nc1cccc(-c2nc3cc(Cl)cc(Cl)c3o2)c1. The number of methoxy groups -OCH3 is 1. The van der Waals surface area contributed by atoms with Crippen LogP contribution in [-0.4, -0.2) is 23.1 Å². The number of para-hydroxylation sites is 1. The van der Waals surface area contributed by atoms with Crippen molar-refractivity contribution in [2.24, 2.45) is 0 Å². The Kier molecular flexibility index (Phi) is 6.32. The van der Waals surface area contributed by atoms with Gasteiger partial charge in [0.15, 0.2) is 10.7 Å². The number of nitrogens with one attached hydrogen (secondary N) is 2. The van der Waals surface area contributed by atoms with Crippen molar-refractivity contribution in [1.82, 2.24) is 10.3 Å². The number of amides is 1. The van der Waals surface area contributed by atoms with E-state index in [1.54, 1.807) is 30.3 Å². The van der Waals surface area contributed by atoms with Gasteiger partial charge in [-0.1, -0.05) is 41.4 Å². The summed E-state index contributed by atoms with van der Waals surface area (Å²) in [6.07, 6.45) is 0. The van der Waals surface area contributed by atoms with Crippen LogP contribution in [0.1, 0.15) is 15.9 Å². The van der Waals surface area contributed by atoms with Crippen LogP contribution in [0.3, 0.4) is 0 Å². The van der Waals surface area contributed by atoms with E-state index >= 15 is 0 Å². The fourth-order valence-corrected chi connectivity index (χ4v) is 3.98. The zero-order chi connectivity index (χ0) is 22.8. The number of fused-ring (bicyclic) bond motifs is 1. The first-order chi connectivity index (χ1) is 15.4. The third-order valence-electron chi connectivity index (χ3n) is 4.66. The van der Waals surface area contributed by atoms with Gasteiger partial charge in [-0.3, -0.25) is 10.1 Å². The molecule has 0 aliphatic rings. The maximum absolute atomic E-state index is 12.7. The van der Waals surface area contributed by atoms with Gasteiger partial charge >= 0.3 is 0 Å². The molecule has 0 radical (unpaired) electrons. The number of thiocarbonyl (C=S) groups is 1. The summed E-state index contributed by atoms with van der Waals surface area (Å²) in [5, 5.41) is 6.68. The van der Waals surface area contributed by atoms with Gasteiger partial charge in [0.2, 0.25) is 5.89 Å². The van der Waals surface area contributed by atoms with Crippen LogP contribution in [0.15, 0.2) is 59.0 Å². The molecule has 3 aromatic carbocycles. The zero-order valence-corrected chi connectivity index (χ0v) is 19.4. The average molecular weight is 486 g/mol. The molecule has 0 unspecified atom stereocenters. The Bertz CT molecular complexity index is 1350. The number of aromatic nitrogens is 1. The van der Waals surface area contributed by atoms with Crippen molar-refractivity contribution in [2.75, 3.05) is 12.4 Å². The molecular weight excluding hydrogens is 469 g/mol. The van der Waals surface area contributed by atoms with Gasteiger partial charge in [0, 0.05) is 16.3 Å². The van der Waals surface area contributed by atoms with E-state index in [4.69, 9.17) is 44.6 Å². The van der Waals surface area contributed by atoms with Crippen molar-refractivity contribution < 1.29 is 13.9 Å². The Hall–Kier alpha value is -3.13. The molecule has 4 rings (SSSR count). The molecule has 162 valence electrons. The van der Waals surface area contributed by atoms with Crippen LogP contribution in [0.5, 0.6) is 5.75 Å². The van der Waals surface area contributed by atoms with E-state index in [1.807, 2.05) is 31.2 Å². The number of ether oxygens (including phenoxy) is 1. The van der Waals surface area contributed by atoms with Gasteiger partial charge in [0.05, 0.1) is 17.7 Å². The van der Waals surface area contributed by atoms with Crippen LogP contribution in [-0.2, 0) is 0 Å². The van der Waals surface area contributed by atoms with Crippen LogP contribution >= 0.6 is 35.4 Å². The van der Waals surface area contributed by atoms with Gasteiger partial charge < -0.3 is 14.5 Å². The summed E-state index contributed by atoms with van der Waals surface area (Å²) in [6, 6.07) is 15.9. The molecule has 0 saturated heterocycles. The second kappa shape index (κ2) is 9.16. The number of aryl methyl sites for hydroxylation is 1. The van der Waals surface area contributed by atoms with Gasteiger partial charge in [-0.05, 0) is 61.1 Å². The summed E-state index contributed by atoms with van der Waals surface area (Å²) >= 11 is 17.6. The Morgan fingerprint density at radius 1 is 1.12 bits per heavy atom. The van der Waals surface area contributed by atoms with E-state index in [2.05, 4.69) is 15.6 Å². The highest BCUT2D eigenvalue weighted by molar-refractivity contribution is 7.80. The molecule has 0 aliphatic heterocycles. The summed E-state index contributed by atoms with van der Waals surface area (Å²) in [6.45, 7) is 1.87. The standard InChI is InChI=1S/C23H17Cl2N3O3S/c1-12-5-3-8-16(19(12)30-2)21(29)28-23(32)26-15-7-4-6-13(9-15)22-27-18-11-14(24)10-17(25)20(18)31-22/h3-11H,1-2H3,(H2,26,28,29,32). The highest BCUT2D eigenvalue weighted by atomic mass is 35.5. The first-order valence-corrected chi connectivity index (χ1v) is 10.6. The maximum atomic E-state index is 12.7. The molecule has 1 aromatic heterocycles. The third kappa shape index (κ3) is 4.55. The van der Waals surface area contributed by atoms with Crippen LogP contribution in [0.2, 0.25) is 10.0 Å². The maximum Gasteiger partial charge on any atom is 0.261 e. The first-order valence-electron chi connectivity index (χ1n) is 9.47. The van der Waals surface area contributed by atoms with E-state index in [0.29, 0.717) is 49.6 Å². The summed E-state index contributed by atoms with van der Waals surface area (Å²) in [5.41, 5.74) is 3.62. The Balaban J connectivity index is 1.52. The minimum Gasteiger partial charge on any atom is -0.496 e. The molecule has 4 aromatic rings. The van der Waals surface area contributed by atoms with Crippen molar-refractivity contribution in [3.05, 3.63) is 75.8 Å². The van der Waals surface area contributed by atoms with Crippen molar-refractivity contribution in [1.29, 1.82) is 0 Å². The molecule has 32 heavy (non-hydrogen) atoms. The molecule has 2 N–H and O–H groups in total. The highest BCUT2D eigenvalue weighted by Gasteiger charge is 2.16. The minimum absolute atomic E-state index is 0.142. The molecule has 0 saturated carbocycles. The summed E-state index contributed by atoms with van der Waals surface area (Å²) in [4.78, 5) is 17.1. The van der Waals surface area contributed by atoms with Crippen LogP contribution in [0, 0.1) is 6.92 Å². The van der Waals surface area contributed by atoms with E-state index < -0.39 is 0 Å². The predicted molar refractivity (Wildman–Crippen MR) is 131 cm³/mol. The quantitative estimate of drug-likeness (QED) is 0.333. The summed E-state index contributed by atoms with van der Waals surface area (Å²) in [5.74, 6) is 0.515. The van der Waals surface area contributed by atoms with E-state index in [1.165, 1.54) is 7.11 Å². The number of carbonyl (C=O) groups excluding carboxylic acids is 1. The normalized spacial score (nSPS) is 10.8. The molecule has 6 nitrogen and oxygen atoms in total. The lowest BCUT2D eigenvalue weighted by Gasteiger charge is -2.13. The first kappa shape index (κ1) is 22.1. The monoisotopic (exact) mass is 485 g/mol. The predicted octanol–water partition coefficient (Wildman–Crippen LogP) is 6.25. The fourth-order valence-electron chi connectivity index (χ4n) is 3.25. The molecule has 0 spiro atoms. The smallest absolute Gasteiger partial charge is 0.261 e. The Morgan fingerprint density at radius 2 is 1.91 bits per heavy atom. The zero-order valence-electron chi connectivity index (χ0n) is 17.0. The third-order valence-corrected chi connectivity index (χ3v) is 5.37. The van der Waals surface area contributed by atoms with Crippen molar-refractivity contribution in [3.63, 3.8) is 0 Å². The summed E-state index contributed by atoms with van der Waals surface area (Å²) < 4.78 is 11.2. The highest BCUT2D eigenvalue weighted by Crippen LogP contribution is 2.32. The number of anilines is 1. The number of halogens is 2.